The van der Waals surface area contributed by atoms with E-state index in [-0.39, 0.29) is 6.29 Å². The minimum atomic E-state index is -0.170. The summed E-state index contributed by atoms with van der Waals surface area (Å²) in [7, 11) is 3.24. The molecule has 0 aliphatic heterocycles. The maximum atomic E-state index is 10.5. The minimum absolute atomic E-state index is 0.170. The second-order valence-corrected chi connectivity index (χ2v) is 3.58. The summed E-state index contributed by atoms with van der Waals surface area (Å²) in [4.78, 5) is 10.5. The van der Waals surface area contributed by atoms with Crippen LogP contribution in [0, 0.1) is 0 Å². The van der Waals surface area contributed by atoms with Crippen molar-refractivity contribution in [3.63, 3.8) is 0 Å². The summed E-state index contributed by atoms with van der Waals surface area (Å²) < 4.78 is 15.6. The van der Waals surface area contributed by atoms with Crippen LogP contribution in [0.2, 0.25) is 0 Å². The molecule has 0 radical (unpaired) electrons. The van der Waals surface area contributed by atoms with E-state index in [1.807, 2.05) is 0 Å². The maximum absolute atomic E-state index is 10.5. The summed E-state index contributed by atoms with van der Waals surface area (Å²) in [5.74, 6) is 0.766. The highest BCUT2D eigenvalue weighted by molar-refractivity contribution is 5.74. The van der Waals surface area contributed by atoms with Crippen LogP contribution < -0.4 is 4.74 Å². The largest absolute Gasteiger partial charge is 0.494 e. The monoisotopic (exact) mass is 238 g/mol. The number of hydrogen-bond donors (Lipinski definition) is 0. The number of rotatable bonds is 8. The van der Waals surface area contributed by atoms with Crippen LogP contribution in [-0.2, 0) is 9.47 Å². The third kappa shape index (κ3) is 4.97. The van der Waals surface area contributed by atoms with Crippen LogP contribution in [0.5, 0.6) is 5.75 Å². The molecule has 1 aromatic carbocycles. The first kappa shape index (κ1) is 13.7. The third-order valence-corrected chi connectivity index (χ3v) is 2.39. The Bertz CT molecular complexity index is 317. The first-order valence-electron chi connectivity index (χ1n) is 5.53. The van der Waals surface area contributed by atoms with Crippen molar-refractivity contribution in [3.8, 4) is 5.75 Å². The Morgan fingerprint density at radius 1 is 1.18 bits per heavy atom. The standard InChI is InChI=1S/C13H18O4/c1-15-13(16-2)4-3-9-17-12-7-5-11(10-14)6-8-12/h5-8,10,13H,3-4,9H2,1-2H3. The van der Waals surface area contributed by atoms with Crippen molar-refractivity contribution in [2.75, 3.05) is 20.8 Å². The molecule has 17 heavy (non-hydrogen) atoms. The van der Waals surface area contributed by atoms with Crippen molar-refractivity contribution in [2.45, 2.75) is 19.1 Å². The van der Waals surface area contributed by atoms with Crippen LogP contribution >= 0.6 is 0 Å². The predicted octanol–water partition coefficient (Wildman–Crippen LogP) is 2.28. The molecule has 0 aliphatic carbocycles. The van der Waals surface area contributed by atoms with Gasteiger partial charge in [-0.2, -0.15) is 0 Å². The first-order valence-corrected chi connectivity index (χ1v) is 5.53. The van der Waals surface area contributed by atoms with E-state index in [0.717, 1.165) is 24.9 Å². The quantitative estimate of drug-likeness (QED) is 0.396. The smallest absolute Gasteiger partial charge is 0.156 e. The van der Waals surface area contributed by atoms with Gasteiger partial charge in [0, 0.05) is 26.2 Å². The van der Waals surface area contributed by atoms with Crippen molar-refractivity contribution in [2.24, 2.45) is 0 Å². The average Bonchev–Trinajstić information content (AvgIpc) is 2.40. The summed E-state index contributed by atoms with van der Waals surface area (Å²) in [5, 5.41) is 0. The van der Waals surface area contributed by atoms with Gasteiger partial charge < -0.3 is 14.2 Å². The van der Waals surface area contributed by atoms with Gasteiger partial charge in [0.1, 0.15) is 12.0 Å². The molecule has 0 unspecified atom stereocenters. The summed E-state index contributed by atoms with van der Waals surface area (Å²) in [5.41, 5.74) is 0.649. The van der Waals surface area contributed by atoms with Crippen molar-refractivity contribution in [3.05, 3.63) is 29.8 Å². The zero-order valence-corrected chi connectivity index (χ0v) is 10.2. The number of carbonyl (C=O) groups is 1. The van der Waals surface area contributed by atoms with Crippen molar-refractivity contribution in [1.82, 2.24) is 0 Å². The molecule has 0 N–H and O–H groups in total. The molecule has 0 bridgehead atoms. The van der Waals surface area contributed by atoms with Crippen molar-refractivity contribution in [1.29, 1.82) is 0 Å². The summed E-state index contributed by atoms with van der Waals surface area (Å²) in [6.45, 7) is 0.601. The number of benzene rings is 1. The highest BCUT2D eigenvalue weighted by Crippen LogP contribution is 2.12. The Labute approximate surface area is 101 Å². The fourth-order valence-electron chi connectivity index (χ4n) is 1.41. The van der Waals surface area contributed by atoms with Crippen LogP contribution in [-0.4, -0.2) is 33.4 Å². The maximum Gasteiger partial charge on any atom is 0.156 e. The predicted molar refractivity (Wildman–Crippen MR) is 64.4 cm³/mol. The molecule has 0 fully saturated rings. The number of methoxy groups -OCH3 is 2. The third-order valence-electron chi connectivity index (χ3n) is 2.39. The van der Waals surface area contributed by atoms with Crippen LogP contribution in [0.25, 0.3) is 0 Å². The lowest BCUT2D eigenvalue weighted by molar-refractivity contribution is -0.107. The van der Waals surface area contributed by atoms with Gasteiger partial charge >= 0.3 is 0 Å². The lowest BCUT2D eigenvalue weighted by Gasteiger charge is -2.13. The van der Waals surface area contributed by atoms with Crippen LogP contribution in [0.3, 0.4) is 0 Å². The molecule has 0 atom stereocenters. The van der Waals surface area contributed by atoms with Gasteiger partial charge in [-0.25, -0.2) is 0 Å². The molecule has 0 heterocycles. The molecule has 4 heteroatoms. The number of aldehydes is 1. The highest BCUT2D eigenvalue weighted by atomic mass is 16.7. The van der Waals surface area contributed by atoms with Crippen LogP contribution in [0.15, 0.2) is 24.3 Å². The number of carbonyl (C=O) groups excluding carboxylic acids is 1. The summed E-state index contributed by atoms with van der Waals surface area (Å²) >= 11 is 0. The molecule has 0 amide bonds. The molecule has 0 aliphatic rings. The Balaban J connectivity index is 2.23. The van der Waals surface area contributed by atoms with E-state index in [0.29, 0.717) is 12.2 Å². The van der Waals surface area contributed by atoms with Crippen LogP contribution in [0.4, 0.5) is 0 Å². The highest BCUT2D eigenvalue weighted by Gasteiger charge is 2.04. The van der Waals surface area contributed by atoms with E-state index < -0.39 is 0 Å². The van der Waals surface area contributed by atoms with Gasteiger partial charge in [0.05, 0.1) is 6.61 Å². The van der Waals surface area contributed by atoms with Crippen molar-refractivity contribution < 1.29 is 19.0 Å². The zero-order chi connectivity index (χ0) is 12.5. The average molecular weight is 238 g/mol. The number of ether oxygens (including phenoxy) is 3. The van der Waals surface area contributed by atoms with Gasteiger partial charge in [-0.05, 0) is 30.7 Å². The van der Waals surface area contributed by atoms with E-state index in [9.17, 15) is 4.79 Å². The molecule has 1 rings (SSSR count). The van der Waals surface area contributed by atoms with Gasteiger partial charge in [-0.1, -0.05) is 0 Å². The van der Waals surface area contributed by atoms with Gasteiger partial charge in [0.25, 0.3) is 0 Å². The van der Waals surface area contributed by atoms with E-state index in [1.165, 1.54) is 0 Å². The lowest BCUT2D eigenvalue weighted by Crippen LogP contribution is -2.14. The molecular formula is C13H18O4. The van der Waals surface area contributed by atoms with E-state index in [4.69, 9.17) is 14.2 Å². The Morgan fingerprint density at radius 2 is 1.82 bits per heavy atom. The van der Waals surface area contributed by atoms with Gasteiger partial charge in [-0.15, -0.1) is 0 Å². The van der Waals surface area contributed by atoms with Gasteiger partial charge in [0.2, 0.25) is 0 Å². The normalized spacial score (nSPS) is 10.5. The second-order valence-electron chi connectivity index (χ2n) is 3.58. The Morgan fingerprint density at radius 3 is 2.35 bits per heavy atom. The molecule has 0 spiro atoms. The van der Waals surface area contributed by atoms with E-state index in [1.54, 1.807) is 38.5 Å². The lowest BCUT2D eigenvalue weighted by atomic mass is 10.2. The number of hydrogen-bond acceptors (Lipinski definition) is 4. The second kappa shape index (κ2) is 7.81. The Kier molecular flexibility index (Phi) is 6.29. The molecule has 1 aromatic rings. The molecule has 0 aromatic heterocycles. The minimum Gasteiger partial charge on any atom is -0.494 e. The van der Waals surface area contributed by atoms with Crippen LogP contribution in [0.1, 0.15) is 23.2 Å². The molecule has 94 valence electrons. The topological polar surface area (TPSA) is 44.8 Å². The summed E-state index contributed by atoms with van der Waals surface area (Å²) in [6, 6.07) is 7.03. The van der Waals surface area contributed by atoms with Gasteiger partial charge in [-0.3, -0.25) is 4.79 Å². The molecule has 0 saturated heterocycles. The van der Waals surface area contributed by atoms with Crippen molar-refractivity contribution >= 4 is 6.29 Å². The SMILES string of the molecule is COC(CCCOc1ccc(C=O)cc1)OC. The summed E-state index contributed by atoms with van der Waals surface area (Å²) in [6.07, 6.45) is 2.28. The Hall–Kier alpha value is -1.39. The fourth-order valence-corrected chi connectivity index (χ4v) is 1.41. The zero-order valence-electron chi connectivity index (χ0n) is 10.2. The molecule has 4 nitrogen and oxygen atoms in total. The first-order chi connectivity index (χ1) is 8.30. The van der Waals surface area contributed by atoms with E-state index >= 15 is 0 Å². The fraction of sp³-hybridized carbons (Fsp3) is 0.462. The van der Waals surface area contributed by atoms with E-state index in [2.05, 4.69) is 0 Å². The van der Waals surface area contributed by atoms with Gasteiger partial charge in [0.15, 0.2) is 6.29 Å². The molecule has 0 saturated carbocycles. The molecular weight excluding hydrogens is 220 g/mol.